The predicted octanol–water partition coefficient (Wildman–Crippen LogP) is 3.45. The van der Waals surface area contributed by atoms with Gasteiger partial charge in [0.15, 0.2) is 5.11 Å². The van der Waals surface area contributed by atoms with Gasteiger partial charge in [0.05, 0.1) is 24.9 Å². The molecule has 0 saturated carbocycles. The minimum Gasteiger partial charge on any atom is -0.496 e. The number of amides is 1. The van der Waals surface area contributed by atoms with E-state index in [1.807, 2.05) is 18.2 Å². The number of nitrogens with zero attached hydrogens (tertiary/aromatic N) is 3. The molecule has 1 saturated heterocycles. The molecule has 1 N–H and O–H groups in total. The van der Waals surface area contributed by atoms with Gasteiger partial charge in [-0.3, -0.25) is 14.4 Å². The lowest BCUT2D eigenvalue weighted by atomic mass is 10.1. The summed E-state index contributed by atoms with van der Waals surface area (Å²) in [6.07, 6.45) is 7.06. The highest BCUT2D eigenvalue weighted by Gasteiger charge is 2.29. The van der Waals surface area contributed by atoms with Gasteiger partial charge < -0.3 is 10.1 Å². The van der Waals surface area contributed by atoms with Crippen LogP contribution in [0.2, 0.25) is 5.02 Å². The molecule has 0 atom stereocenters. The molecule has 0 radical (unpaired) electrons. The maximum Gasteiger partial charge on any atom is 0.276 e. The Hall–Kier alpha value is -2.38. The van der Waals surface area contributed by atoms with Crippen molar-refractivity contribution in [1.29, 1.82) is 0 Å². The predicted molar refractivity (Wildman–Crippen MR) is 110 cm³/mol. The van der Waals surface area contributed by atoms with Crippen LogP contribution in [0.15, 0.2) is 36.3 Å². The van der Waals surface area contributed by atoms with E-state index in [1.165, 1.54) is 0 Å². The molecule has 1 aromatic carbocycles. The molecule has 6 nitrogen and oxygen atoms in total. The quantitative estimate of drug-likeness (QED) is 0.565. The minimum atomic E-state index is -0.0929. The Morgan fingerprint density at radius 3 is 2.89 bits per heavy atom. The number of thiocarbonyl (C=S) groups is 1. The summed E-state index contributed by atoms with van der Waals surface area (Å²) in [6, 6.07) is 5.74. The first-order chi connectivity index (χ1) is 13.0. The lowest BCUT2D eigenvalue weighted by Gasteiger charge is -2.12. The Labute approximate surface area is 168 Å². The van der Waals surface area contributed by atoms with Crippen LogP contribution >= 0.6 is 23.8 Å². The van der Waals surface area contributed by atoms with Crippen molar-refractivity contribution in [3.63, 3.8) is 0 Å². The van der Waals surface area contributed by atoms with Gasteiger partial charge in [0.25, 0.3) is 5.91 Å². The molecule has 1 fully saturated rings. The molecule has 8 heteroatoms. The molecule has 27 heavy (non-hydrogen) atoms. The molecule has 142 valence electrons. The average molecular weight is 405 g/mol. The largest absolute Gasteiger partial charge is 0.496 e. The summed E-state index contributed by atoms with van der Waals surface area (Å²) < 4.78 is 7.18. The van der Waals surface area contributed by atoms with Gasteiger partial charge in [0.1, 0.15) is 11.4 Å². The van der Waals surface area contributed by atoms with E-state index in [0.29, 0.717) is 28.9 Å². The normalized spacial score (nSPS) is 15.5. The Bertz CT molecular complexity index is 894. The first kappa shape index (κ1) is 19.4. The van der Waals surface area contributed by atoms with Crippen LogP contribution in [-0.4, -0.2) is 39.4 Å². The number of carbonyl (C=O) groups is 1. The number of rotatable bonds is 7. The van der Waals surface area contributed by atoms with Crippen molar-refractivity contribution in [2.45, 2.75) is 26.3 Å². The molecule has 2 heterocycles. The fourth-order valence-corrected chi connectivity index (χ4v) is 3.31. The van der Waals surface area contributed by atoms with E-state index in [-0.39, 0.29) is 5.91 Å². The highest BCUT2D eigenvalue weighted by atomic mass is 35.5. The van der Waals surface area contributed by atoms with Crippen LogP contribution in [0.1, 0.15) is 30.9 Å². The van der Waals surface area contributed by atoms with Crippen LogP contribution in [0.4, 0.5) is 0 Å². The Kier molecular flexibility index (Phi) is 6.13. The van der Waals surface area contributed by atoms with E-state index >= 15 is 0 Å². The highest BCUT2D eigenvalue weighted by Crippen LogP contribution is 2.23. The molecule has 0 spiro atoms. The lowest BCUT2D eigenvalue weighted by Crippen LogP contribution is -2.31. The zero-order valence-corrected chi connectivity index (χ0v) is 16.8. The summed E-state index contributed by atoms with van der Waals surface area (Å²) in [5, 5.41) is 8.25. The van der Waals surface area contributed by atoms with E-state index in [0.717, 1.165) is 29.7 Å². The van der Waals surface area contributed by atoms with Crippen molar-refractivity contribution in [2.75, 3.05) is 13.7 Å². The standard InChI is InChI=1S/C19H21ClN4O2S/c1-3-4-7-24-18(25)16(22-19(24)27)9-13-5-6-17(26-2)14(8-13)11-23-12-15(20)10-21-23/h5-6,8-10,12H,3-4,7,11H2,1-2H3,(H,22,27)/b16-9+. The number of ether oxygens (including phenoxy) is 1. The number of nitrogens with one attached hydrogen (secondary N) is 1. The number of hydrogen-bond acceptors (Lipinski definition) is 4. The number of benzene rings is 1. The van der Waals surface area contributed by atoms with Crippen LogP contribution in [0, 0.1) is 0 Å². The smallest absolute Gasteiger partial charge is 0.276 e. The second kappa shape index (κ2) is 8.54. The topological polar surface area (TPSA) is 59.4 Å². The van der Waals surface area contributed by atoms with Gasteiger partial charge in [-0.15, -0.1) is 0 Å². The van der Waals surface area contributed by atoms with Gasteiger partial charge in [0, 0.05) is 18.3 Å². The van der Waals surface area contributed by atoms with Gasteiger partial charge in [-0.25, -0.2) is 0 Å². The number of carbonyl (C=O) groups excluding carboxylic acids is 1. The zero-order valence-electron chi connectivity index (χ0n) is 15.2. The SMILES string of the molecule is CCCCN1C(=O)/C(=C\c2ccc(OC)c(Cn3cc(Cl)cn3)c2)NC1=S. The van der Waals surface area contributed by atoms with Crippen molar-refractivity contribution in [3.8, 4) is 5.75 Å². The summed E-state index contributed by atoms with van der Waals surface area (Å²) >= 11 is 11.2. The van der Waals surface area contributed by atoms with Crippen LogP contribution in [0.5, 0.6) is 5.75 Å². The van der Waals surface area contributed by atoms with Crippen molar-refractivity contribution < 1.29 is 9.53 Å². The molecule has 0 unspecified atom stereocenters. The Balaban J connectivity index is 1.84. The minimum absolute atomic E-state index is 0.0929. The molecule has 0 aliphatic carbocycles. The summed E-state index contributed by atoms with van der Waals surface area (Å²) in [4.78, 5) is 14.2. The van der Waals surface area contributed by atoms with Gasteiger partial charge in [-0.05, 0) is 42.4 Å². The zero-order chi connectivity index (χ0) is 19.4. The Morgan fingerprint density at radius 1 is 1.41 bits per heavy atom. The number of halogens is 1. The van der Waals surface area contributed by atoms with Crippen LogP contribution in [0.3, 0.4) is 0 Å². The third-order valence-corrected chi connectivity index (χ3v) is 4.76. The van der Waals surface area contributed by atoms with Crippen molar-refractivity contribution in [3.05, 3.63) is 52.4 Å². The molecule has 1 amide bonds. The first-order valence-electron chi connectivity index (χ1n) is 8.71. The third-order valence-electron chi connectivity index (χ3n) is 4.25. The highest BCUT2D eigenvalue weighted by molar-refractivity contribution is 7.80. The van der Waals surface area contributed by atoms with E-state index in [9.17, 15) is 4.79 Å². The van der Waals surface area contributed by atoms with E-state index in [1.54, 1.807) is 35.2 Å². The molecule has 1 aliphatic rings. The fourth-order valence-electron chi connectivity index (χ4n) is 2.87. The molecule has 1 aliphatic heterocycles. The second-order valence-corrected chi connectivity index (χ2v) is 7.05. The van der Waals surface area contributed by atoms with Gasteiger partial charge in [-0.2, -0.15) is 5.10 Å². The lowest BCUT2D eigenvalue weighted by molar-refractivity contribution is -0.122. The van der Waals surface area contributed by atoms with Gasteiger partial charge >= 0.3 is 0 Å². The van der Waals surface area contributed by atoms with Crippen LogP contribution in [0.25, 0.3) is 6.08 Å². The molecule has 3 rings (SSSR count). The summed E-state index contributed by atoms with van der Waals surface area (Å²) in [6.45, 7) is 3.22. The maximum atomic E-state index is 12.6. The number of hydrogen-bond donors (Lipinski definition) is 1. The fraction of sp³-hybridized carbons (Fsp3) is 0.316. The van der Waals surface area contributed by atoms with Crippen molar-refractivity contribution >= 4 is 40.9 Å². The van der Waals surface area contributed by atoms with E-state index in [2.05, 4.69) is 17.3 Å². The average Bonchev–Trinajstić information content (AvgIpc) is 3.17. The summed E-state index contributed by atoms with van der Waals surface area (Å²) in [5.74, 6) is 0.652. The number of aromatic nitrogens is 2. The summed E-state index contributed by atoms with van der Waals surface area (Å²) in [5.41, 5.74) is 2.29. The molecular weight excluding hydrogens is 384 g/mol. The van der Waals surface area contributed by atoms with E-state index < -0.39 is 0 Å². The van der Waals surface area contributed by atoms with Crippen molar-refractivity contribution in [2.24, 2.45) is 0 Å². The van der Waals surface area contributed by atoms with E-state index in [4.69, 9.17) is 28.6 Å². The summed E-state index contributed by atoms with van der Waals surface area (Å²) in [7, 11) is 1.62. The third kappa shape index (κ3) is 4.48. The number of methoxy groups -OCH3 is 1. The monoisotopic (exact) mass is 404 g/mol. The van der Waals surface area contributed by atoms with Gasteiger partial charge in [0.2, 0.25) is 0 Å². The maximum absolute atomic E-state index is 12.6. The van der Waals surface area contributed by atoms with Gasteiger partial charge in [-0.1, -0.05) is 31.0 Å². The second-order valence-electron chi connectivity index (χ2n) is 6.23. The van der Waals surface area contributed by atoms with Crippen molar-refractivity contribution in [1.82, 2.24) is 20.0 Å². The van der Waals surface area contributed by atoms with Crippen LogP contribution < -0.4 is 10.1 Å². The van der Waals surface area contributed by atoms with Crippen LogP contribution in [-0.2, 0) is 11.3 Å². The molecule has 2 aromatic rings. The first-order valence-corrected chi connectivity index (χ1v) is 9.50. The molecule has 0 bridgehead atoms. The molecular formula is C19H21ClN4O2S. The molecule has 1 aromatic heterocycles. The Morgan fingerprint density at radius 2 is 2.22 bits per heavy atom. The number of unbranched alkanes of at least 4 members (excludes halogenated alkanes) is 1.